The largest absolute Gasteiger partial charge is 0.497 e. The summed E-state index contributed by atoms with van der Waals surface area (Å²) < 4.78 is 10.9. The summed E-state index contributed by atoms with van der Waals surface area (Å²) in [5, 5.41) is 17.4. The molecule has 1 fully saturated rings. The van der Waals surface area contributed by atoms with E-state index in [4.69, 9.17) is 9.15 Å². The Morgan fingerprint density at radius 3 is 2.87 bits per heavy atom. The van der Waals surface area contributed by atoms with Crippen molar-refractivity contribution in [3.8, 4) is 5.75 Å². The van der Waals surface area contributed by atoms with Gasteiger partial charge in [0.1, 0.15) is 22.9 Å². The molecule has 1 aliphatic rings. The van der Waals surface area contributed by atoms with Crippen molar-refractivity contribution in [2.45, 2.75) is 32.8 Å². The van der Waals surface area contributed by atoms with Gasteiger partial charge in [0, 0.05) is 37.9 Å². The Balaban J connectivity index is 1.55. The number of anilines is 1. The van der Waals surface area contributed by atoms with Crippen molar-refractivity contribution in [2.24, 2.45) is 10.9 Å². The molecule has 3 rings (SSSR count). The van der Waals surface area contributed by atoms with Crippen LogP contribution in [0.25, 0.3) is 0 Å². The molecule has 0 saturated carbocycles. The van der Waals surface area contributed by atoms with Gasteiger partial charge in [-0.3, -0.25) is 0 Å². The highest BCUT2D eigenvalue weighted by Gasteiger charge is 2.27. The number of benzene rings is 1. The zero-order chi connectivity index (χ0) is 21.6. The molecule has 7 nitrogen and oxygen atoms in total. The number of guanidine groups is 1. The first kappa shape index (κ1) is 22.0. The smallest absolute Gasteiger partial charge is 0.191 e. The predicted molar refractivity (Wildman–Crippen MR) is 120 cm³/mol. The van der Waals surface area contributed by atoms with Gasteiger partial charge in [0.25, 0.3) is 0 Å². The van der Waals surface area contributed by atoms with Gasteiger partial charge in [-0.15, -0.1) is 0 Å². The van der Waals surface area contributed by atoms with Gasteiger partial charge < -0.3 is 29.8 Å². The summed E-state index contributed by atoms with van der Waals surface area (Å²) in [6, 6.07) is 11.9. The van der Waals surface area contributed by atoms with Gasteiger partial charge in [0.2, 0.25) is 0 Å². The molecule has 1 aliphatic heterocycles. The highest BCUT2D eigenvalue weighted by Crippen LogP contribution is 2.27. The van der Waals surface area contributed by atoms with Gasteiger partial charge in [-0.2, -0.15) is 0 Å². The quantitative estimate of drug-likeness (QED) is 0.455. The van der Waals surface area contributed by atoms with Crippen molar-refractivity contribution in [3.05, 3.63) is 47.9 Å². The second kappa shape index (κ2) is 9.89. The lowest BCUT2D eigenvalue weighted by molar-refractivity contribution is 0.0428. The van der Waals surface area contributed by atoms with Crippen LogP contribution in [0.5, 0.6) is 5.75 Å². The fraction of sp³-hybridized carbons (Fsp3) is 0.522. The Kier molecular flexibility index (Phi) is 7.26. The molecule has 2 unspecified atom stereocenters. The molecule has 1 aromatic heterocycles. The molecule has 0 radical (unpaired) electrons. The van der Waals surface area contributed by atoms with Crippen LogP contribution in [0.15, 0.2) is 45.8 Å². The number of hydrogen-bond donors (Lipinski definition) is 3. The van der Waals surface area contributed by atoms with Gasteiger partial charge in [-0.25, -0.2) is 4.99 Å². The van der Waals surface area contributed by atoms with Crippen molar-refractivity contribution in [1.82, 2.24) is 10.6 Å². The van der Waals surface area contributed by atoms with Crippen LogP contribution in [0.2, 0.25) is 0 Å². The number of nitrogens with one attached hydrogen (secondary N) is 2. The van der Waals surface area contributed by atoms with Gasteiger partial charge in [0.15, 0.2) is 5.96 Å². The molecule has 7 heteroatoms. The standard InChI is InChI=1S/C23H34N4O3/c1-5-24-22(26-16-23(3,28)21-10-9-17(2)30-21)25-14-18-11-12-27(15-18)19-7-6-8-20(13-19)29-4/h6-10,13,18,28H,5,11-12,14-16H2,1-4H3,(H2,24,25,26). The summed E-state index contributed by atoms with van der Waals surface area (Å²) in [5.74, 6) is 3.43. The zero-order valence-electron chi connectivity index (χ0n) is 18.4. The summed E-state index contributed by atoms with van der Waals surface area (Å²) in [6.45, 7) is 9.44. The summed E-state index contributed by atoms with van der Waals surface area (Å²) in [4.78, 5) is 6.98. The number of aliphatic hydroxyl groups is 1. The molecule has 0 aliphatic carbocycles. The molecule has 0 amide bonds. The predicted octanol–water partition coefficient (Wildman–Crippen LogP) is 2.89. The number of hydrogen-bond acceptors (Lipinski definition) is 5. The van der Waals surface area contributed by atoms with E-state index in [1.54, 1.807) is 20.1 Å². The first-order valence-corrected chi connectivity index (χ1v) is 10.6. The van der Waals surface area contributed by atoms with E-state index in [1.165, 1.54) is 5.69 Å². The monoisotopic (exact) mass is 414 g/mol. The lowest BCUT2D eigenvalue weighted by Gasteiger charge is -2.21. The summed E-state index contributed by atoms with van der Waals surface area (Å²) in [7, 11) is 1.70. The molecule has 0 spiro atoms. The lowest BCUT2D eigenvalue weighted by atomic mass is 10.0. The highest BCUT2D eigenvalue weighted by atomic mass is 16.5. The normalized spacial score (nSPS) is 18.9. The second-order valence-corrected chi connectivity index (χ2v) is 8.06. The minimum atomic E-state index is -1.15. The maximum Gasteiger partial charge on any atom is 0.191 e. The van der Waals surface area contributed by atoms with Crippen molar-refractivity contribution in [2.75, 3.05) is 44.7 Å². The number of rotatable bonds is 8. The van der Waals surface area contributed by atoms with Crippen LogP contribution >= 0.6 is 0 Å². The van der Waals surface area contributed by atoms with E-state index in [1.807, 2.05) is 32.0 Å². The maximum absolute atomic E-state index is 10.7. The Morgan fingerprint density at radius 1 is 1.33 bits per heavy atom. The van der Waals surface area contributed by atoms with E-state index < -0.39 is 5.60 Å². The summed E-state index contributed by atoms with van der Waals surface area (Å²) in [6.07, 6.45) is 1.12. The van der Waals surface area contributed by atoms with E-state index in [0.717, 1.165) is 44.1 Å². The van der Waals surface area contributed by atoms with E-state index in [9.17, 15) is 5.11 Å². The molecular weight excluding hydrogens is 380 g/mol. The van der Waals surface area contributed by atoms with Crippen LogP contribution in [0, 0.1) is 12.8 Å². The minimum absolute atomic E-state index is 0.218. The minimum Gasteiger partial charge on any atom is -0.497 e. The Hall–Kier alpha value is -2.67. The second-order valence-electron chi connectivity index (χ2n) is 8.06. The van der Waals surface area contributed by atoms with Crippen LogP contribution in [0.3, 0.4) is 0 Å². The van der Waals surface area contributed by atoms with Gasteiger partial charge in [-0.05, 0) is 57.4 Å². The first-order chi connectivity index (χ1) is 14.4. The average Bonchev–Trinajstić information content (AvgIpc) is 3.40. The van der Waals surface area contributed by atoms with Crippen molar-refractivity contribution >= 4 is 11.6 Å². The third-order valence-electron chi connectivity index (χ3n) is 5.42. The molecule has 2 aromatic rings. The number of aliphatic imine (C=N–C) groups is 1. The van der Waals surface area contributed by atoms with Crippen LogP contribution in [-0.2, 0) is 5.60 Å². The highest BCUT2D eigenvalue weighted by molar-refractivity contribution is 5.79. The number of nitrogens with zero attached hydrogens (tertiary/aromatic N) is 2. The van der Waals surface area contributed by atoms with Crippen molar-refractivity contribution in [1.29, 1.82) is 0 Å². The first-order valence-electron chi connectivity index (χ1n) is 10.6. The summed E-state index contributed by atoms with van der Waals surface area (Å²) in [5.41, 5.74) is 0.0508. The SMILES string of the molecule is CCNC(=NCC(C)(O)c1ccc(C)o1)NCC1CCN(c2cccc(OC)c2)C1. The molecular formula is C23H34N4O3. The Morgan fingerprint density at radius 2 is 2.17 bits per heavy atom. The Labute approximate surface area is 179 Å². The van der Waals surface area contributed by atoms with E-state index in [-0.39, 0.29) is 6.54 Å². The molecule has 2 heterocycles. The maximum atomic E-state index is 10.7. The third kappa shape index (κ3) is 5.69. The molecule has 1 aromatic carbocycles. The number of aryl methyl sites for hydroxylation is 1. The number of methoxy groups -OCH3 is 1. The molecule has 30 heavy (non-hydrogen) atoms. The van der Waals surface area contributed by atoms with E-state index >= 15 is 0 Å². The summed E-state index contributed by atoms with van der Waals surface area (Å²) >= 11 is 0. The van der Waals surface area contributed by atoms with Crippen LogP contribution in [0.1, 0.15) is 31.8 Å². The van der Waals surface area contributed by atoms with E-state index in [0.29, 0.717) is 17.6 Å². The van der Waals surface area contributed by atoms with Crippen molar-refractivity contribution in [3.63, 3.8) is 0 Å². The third-order valence-corrected chi connectivity index (χ3v) is 5.42. The van der Waals surface area contributed by atoms with Crippen LogP contribution in [0.4, 0.5) is 5.69 Å². The molecule has 3 N–H and O–H groups in total. The van der Waals surface area contributed by atoms with Crippen LogP contribution in [-0.4, -0.2) is 50.9 Å². The number of ether oxygens (including phenoxy) is 1. The number of furan rings is 1. The van der Waals surface area contributed by atoms with Crippen molar-refractivity contribution < 1.29 is 14.3 Å². The zero-order valence-corrected chi connectivity index (χ0v) is 18.4. The topological polar surface area (TPSA) is 82.3 Å². The molecule has 0 bridgehead atoms. The van der Waals surface area contributed by atoms with E-state index in [2.05, 4.69) is 32.7 Å². The fourth-order valence-corrected chi connectivity index (χ4v) is 3.66. The molecule has 2 atom stereocenters. The van der Waals surface area contributed by atoms with Gasteiger partial charge in [0.05, 0.1) is 13.7 Å². The molecule has 164 valence electrons. The average molecular weight is 415 g/mol. The van der Waals surface area contributed by atoms with Gasteiger partial charge >= 0.3 is 0 Å². The van der Waals surface area contributed by atoms with Crippen LogP contribution < -0.4 is 20.3 Å². The lowest BCUT2D eigenvalue weighted by Crippen LogP contribution is -2.41. The Bertz CT molecular complexity index is 846. The molecule has 1 saturated heterocycles. The fourth-order valence-electron chi connectivity index (χ4n) is 3.66. The van der Waals surface area contributed by atoms with Gasteiger partial charge in [-0.1, -0.05) is 6.07 Å².